The first-order valence-corrected chi connectivity index (χ1v) is 12.1. The molecule has 3 aromatic rings. The van der Waals surface area contributed by atoms with Gasteiger partial charge in [0.25, 0.3) is 5.91 Å². The number of rotatable bonds is 10. The molecule has 13 heteroatoms. The molecular formula is C28H26N4O9. The average Bonchev–Trinajstić information content (AvgIpc) is 3.44. The van der Waals surface area contributed by atoms with Crippen LogP contribution in [-0.2, 0) is 14.3 Å². The van der Waals surface area contributed by atoms with Crippen LogP contribution in [0, 0.1) is 0 Å². The highest BCUT2D eigenvalue weighted by Crippen LogP contribution is 2.34. The highest BCUT2D eigenvalue weighted by atomic mass is 16.5. The maximum Gasteiger partial charge on any atom is 0.337 e. The number of carbonyl (C=O) groups excluding carboxylic acids is 3. The summed E-state index contributed by atoms with van der Waals surface area (Å²) in [5.41, 5.74) is 3.94. The minimum absolute atomic E-state index is 0.0928. The van der Waals surface area contributed by atoms with E-state index < -0.39 is 36.5 Å². The topological polar surface area (TPSA) is 178 Å². The molecule has 0 bridgehead atoms. The van der Waals surface area contributed by atoms with Crippen molar-refractivity contribution in [2.45, 2.75) is 13.0 Å². The van der Waals surface area contributed by atoms with Crippen molar-refractivity contribution >= 4 is 30.1 Å². The number of aromatic carboxylic acids is 1. The molecule has 1 aliphatic rings. The zero-order valence-electron chi connectivity index (χ0n) is 22.2. The van der Waals surface area contributed by atoms with Crippen molar-refractivity contribution in [1.29, 1.82) is 0 Å². The smallest absolute Gasteiger partial charge is 0.337 e. The number of urea groups is 1. The van der Waals surface area contributed by atoms with Crippen molar-refractivity contribution in [1.82, 2.24) is 16.1 Å². The highest BCUT2D eigenvalue weighted by molar-refractivity contribution is 5.96. The van der Waals surface area contributed by atoms with Gasteiger partial charge in [0.1, 0.15) is 11.5 Å². The van der Waals surface area contributed by atoms with Gasteiger partial charge in [0, 0.05) is 11.3 Å². The van der Waals surface area contributed by atoms with Gasteiger partial charge in [-0.3, -0.25) is 4.79 Å². The fourth-order valence-corrected chi connectivity index (χ4v) is 4.10. The van der Waals surface area contributed by atoms with Crippen LogP contribution >= 0.6 is 0 Å². The van der Waals surface area contributed by atoms with Crippen LogP contribution in [0.15, 0.2) is 75.4 Å². The lowest BCUT2D eigenvalue weighted by atomic mass is 9.95. The van der Waals surface area contributed by atoms with E-state index in [2.05, 4.69) is 21.2 Å². The van der Waals surface area contributed by atoms with Gasteiger partial charge in [0.15, 0.2) is 18.1 Å². The lowest BCUT2D eigenvalue weighted by Gasteiger charge is -2.28. The number of hydrogen-bond acceptors (Lipinski definition) is 9. The predicted octanol–water partition coefficient (Wildman–Crippen LogP) is 2.98. The quantitative estimate of drug-likeness (QED) is 0.164. The average molecular weight is 563 g/mol. The van der Waals surface area contributed by atoms with Crippen molar-refractivity contribution in [2.75, 3.05) is 20.8 Å². The van der Waals surface area contributed by atoms with Crippen LogP contribution in [-0.4, -0.2) is 56.0 Å². The molecule has 1 atom stereocenters. The lowest BCUT2D eigenvalue weighted by molar-refractivity contribution is -0.136. The number of nitrogens with one attached hydrogen (secondary N) is 3. The van der Waals surface area contributed by atoms with E-state index in [9.17, 15) is 24.3 Å². The van der Waals surface area contributed by atoms with Crippen LogP contribution in [0.5, 0.6) is 11.5 Å². The van der Waals surface area contributed by atoms with E-state index in [4.69, 9.17) is 18.6 Å². The van der Waals surface area contributed by atoms with Crippen LogP contribution in [0.3, 0.4) is 0 Å². The van der Waals surface area contributed by atoms with Gasteiger partial charge in [-0.15, -0.1) is 0 Å². The van der Waals surface area contributed by atoms with Crippen LogP contribution in [0.1, 0.15) is 34.6 Å². The van der Waals surface area contributed by atoms with Gasteiger partial charge in [-0.1, -0.05) is 24.3 Å². The Bertz CT molecular complexity index is 1560. The molecule has 41 heavy (non-hydrogen) atoms. The molecule has 13 nitrogen and oxygen atoms in total. The fraction of sp³-hybridized carbons (Fsp3) is 0.179. The molecule has 1 aliphatic heterocycles. The van der Waals surface area contributed by atoms with Crippen molar-refractivity contribution in [2.24, 2.45) is 5.10 Å². The van der Waals surface area contributed by atoms with E-state index in [1.807, 2.05) is 0 Å². The molecule has 0 fully saturated rings. The Morgan fingerprint density at radius 3 is 2.61 bits per heavy atom. The molecule has 0 saturated heterocycles. The van der Waals surface area contributed by atoms with Gasteiger partial charge >= 0.3 is 18.0 Å². The number of carboxylic acids is 1. The molecule has 2 aromatic carbocycles. The van der Waals surface area contributed by atoms with Crippen molar-refractivity contribution < 1.29 is 42.9 Å². The van der Waals surface area contributed by atoms with Crippen molar-refractivity contribution in [3.8, 4) is 22.8 Å². The van der Waals surface area contributed by atoms with Crippen LogP contribution in [0.25, 0.3) is 11.3 Å². The number of ether oxygens (including phenoxy) is 3. The van der Waals surface area contributed by atoms with E-state index in [0.29, 0.717) is 28.3 Å². The van der Waals surface area contributed by atoms with Gasteiger partial charge in [-0.2, -0.15) is 5.10 Å². The SMILES string of the molecule is COC(=O)C1=C(C)NC(=O)N[C@@H]1c1ccc(OCC(=O)N/N=C\c2ccc(-c3ccccc3C(=O)O)o2)c(OC)c1. The standard InChI is InChI=1S/C28H26N4O9/c1-15-24(27(36)39-3)25(31-28(37)30-15)16-8-10-21(22(12-16)38-2)40-14-23(33)32-29-13-17-9-11-20(41-17)18-6-4-5-7-19(18)26(34)35/h4-13,25H,14H2,1-3H3,(H,32,33)(H,34,35)(H2,30,31,37)/b29-13-/t25-/m1/s1. The first-order valence-electron chi connectivity index (χ1n) is 12.1. The molecule has 0 aliphatic carbocycles. The first-order chi connectivity index (χ1) is 19.7. The summed E-state index contributed by atoms with van der Waals surface area (Å²) in [6, 6.07) is 13.1. The Kier molecular flexibility index (Phi) is 8.67. The molecule has 2 heterocycles. The number of hydrogen-bond donors (Lipinski definition) is 4. The number of hydrazone groups is 1. The second kappa shape index (κ2) is 12.5. The maximum atomic E-state index is 12.3. The van der Waals surface area contributed by atoms with Gasteiger partial charge in [-0.05, 0) is 42.8 Å². The summed E-state index contributed by atoms with van der Waals surface area (Å²) in [5.74, 6) is -1.13. The fourth-order valence-electron chi connectivity index (χ4n) is 4.10. The molecule has 0 spiro atoms. The predicted molar refractivity (Wildman–Crippen MR) is 144 cm³/mol. The van der Waals surface area contributed by atoms with Crippen molar-refractivity contribution in [3.63, 3.8) is 0 Å². The molecular weight excluding hydrogens is 536 g/mol. The highest BCUT2D eigenvalue weighted by Gasteiger charge is 2.32. The van der Waals surface area contributed by atoms with Gasteiger partial charge < -0.3 is 34.4 Å². The molecule has 3 amide bonds. The number of methoxy groups -OCH3 is 2. The van der Waals surface area contributed by atoms with E-state index >= 15 is 0 Å². The number of esters is 1. The summed E-state index contributed by atoms with van der Waals surface area (Å²) >= 11 is 0. The largest absolute Gasteiger partial charge is 0.493 e. The Balaban J connectivity index is 1.38. The number of benzene rings is 2. The molecule has 4 N–H and O–H groups in total. The number of allylic oxidation sites excluding steroid dienone is 1. The van der Waals surface area contributed by atoms with E-state index in [1.54, 1.807) is 55.5 Å². The molecule has 0 unspecified atom stereocenters. The van der Waals surface area contributed by atoms with Crippen molar-refractivity contribution in [3.05, 3.63) is 82.8 Å². The third kappa shape index (κ3) is 6.53. The second-order valence-electron chi connectivity index (χ2n) is 8.61. The first kappa shape index (κ1) is 28.4. The molecule has 1 aromatic heterocycles. The summed E-state index contributed by atoms with van der Waals surface area (Å²) < 4.78 is 21.5. The molecule has 0 radical (unpaired) electrons. The van der Waals surface area contributed by atoms with Gasteiger partial charge in [-0.25, -0.2) is 19.8 Å². The number of furan rings is 1. The van der Waals surface area contributed by atoms with Crippen LogP contribution in [0.2, 0.25) is 0 Å². The van der Waals surface area contributed by atoms with E-state index in [0.717, 1.165) is 0 Å². The third-order valence-corrected chi connectivity index (χ3v) is 5.98. The number of nitrogens with zero attached hydrogens (tertiary/aromatic N) is 1. The Hall–Kier alpha value is -5.59. The molecule has 0 saturated carbocycles. The van der Waals surface area contributed by atoms with Crippen LogP contribution in [0.4, 0.5) is 4.79 Å². The normalized spacial score (nSPS) is 14.7. The summed E-state index contributed by atoms with van der Waals surface area (Å²) in [4.78, 5) is 48.1. The van der Waals surface area contributed by atoms with E-state index in [-0.39, 0.29) is 22.6 Å². The Labute approximate surface area is 233 Å². The number of carboxylic acid groups (broad SMARTS) is 1. The third-order valence-electron chi connectivity index (χ3n) is 5.98. The maximum absolute atomic E-state index is 12.3. The van der Waals surface area contributed by atoms with Gasteiger partial charge in [0.2, 0.25) is 0 Å². The summed E-state index contributed by atoms with van der Waals surface area (Å²) in [6.45, 7) is 1.19. The monoisotopic (exact) mass is 562 g/mol. The summed E-state index contributed by atoms with van der Waals surface area (Å²) in [7, 11) is 2.66. The number of carbonyl (C=O) groups is 4. The summed E-state index contributed by atoms with van der Waals surface area (Å²) in [6.07, 6.45) is 1.27. The van der Waals surface area contributed by atoms with Gasteiger partial charge in [0.05, 0.1) is 37.6 Å². The lowest BCUT2D eigenvalue weighted by Crippen LogP contribution is -2.45. The second-order valence-corrected chi connectivity index (χ2v) is 8.61. The number of amides is 3. The Morgan fingerprint density at radius 2 is 1.88 bits per heavy atom. The zero-order chi connectivity index (χ0) is 29.5. The Morgan fingerprint density at radius 1 is 1.10 bits per heavy atom. The minimum atomic E-state index is -1.08. The molecule has 4 rings (SSSR count). The summed E-state index contributed by atoms with van der Waals surface area (Å²) in [5, 5.41) is 18.4. The zero-order valence-corrected chi connectivity index (χ0v) is 22.2. The molecule has 212 valence electrons. The van der Waals surface area contributed by atoms with Crippen LogP contribution < -0.4 is 25.5 Å². The minimum Gasteiger partial charge on any atom is -0.493 e. The van der Waals surface area contributed by atoms with E-state index in [1.165, 1.54) is 26.5 Å².